The van der Waals surface area contributed by atoms with Crippen LogP contribution in [-0.4, -0.2) is 34.1 Å². The van der Waals surface area contributed by atoms with Gasteiger partial charge < -0.3 is 10.5 Å². The maximum atomic E-state index is 11.1. The SMILES string of the molecule is COC(=O)c1cn(C2CC(N)C2)nn1. The first kappa shape index (κ1) is 9.14. The van der Waals surface area contributed by atoms with Gasteiger partial charge in [0.05, 0.1) is 19.3 Å². The second-order valence-corrected chi connectivity index (χ2v) is 3.46. The number of rotatable bonds is 2. The summed E-state index contributed by atoms with van der Waals surface area (Å²) in [5, 5.41) is 7.56. The molecule has 1 aromatic heterocycles. The van der Waals surface area contributed by atoms with Gasteiger partial charge in [0.15, 0.2) is 5.69 Å². The van der Waals surface area contributed by atoms with Crippen molar-refractivity contribution in [2.45, 2.75) is 24.9 Å². The summed E-state index contributed by atoms with van der Waals surface area (Å²) < 4.78 is 6.20. The van der Waals surface area contributed by atoms with Crippen molar-refractivity contribution in [1.82, 2.24) is 15.0 Å². The van der Waals surface area contributed by atoms with Crippen LogP contribution in [-0.2, 0) is 4.74 Å². The van der Waals surface area contributed by atoms with E-state index in [1.54, 1.807) is 10.9 Å². The lowest BCUT2D eigenvalue weighted by Gasteiger charge is -2.31. The largest absolute Gasteiger partial charge is 0.464 e. The molecular formula is C8H12N4O2. The molecule has 0 aliphatic heterocycles. The average Bonchev–Trinajstić information content (AvgIpc) is 2.60. The number of hydrogen-bond donors (Lipinski definition) is 1. The van der Waals surface area contributed by atoms with E-state index in [0.717, 1.165) is 12.8 Å². The molecule has 1 saturated carbocycles. The summed E-state index contributed by atoms with van der Waals surface area (Å²) in [6, 6.07) is 0.543. The zero-order chi connectivity index (χ0) is 10.1. The van der Waals surface area contributed by atoms with Gasteiger partial charge in [-0.2, -0.15) is 0 Å². The summed E-state index contributed by atoms with van der Waals surface area (Å²) in [4.78, 5) is 11.1. The van der Waals surface area contributed by atoms with Gasteiger partial charge in [0.2, 0.25) is 0 Å². The van der Waals surface area contributed by atoms with E-state index in [1.807, 2.05) is 0 Å². The fourth-order valence-corrected chi connectivity index (χ4v) is 1.50. The molecule has 2 rings (SSSR count). The molecular weight excluding hydrogens is 184 g/mol. The number of ether oxygens (including phenoxy) is 1. The quantitative estimate of drug-likeness (QED) is 0.658. The molecule has 1 fully saturated rings. The third-order valence-electron chi connectivity index (χ3n) is 2.43. The van der Waals surface area contributed by atoms with Gasteiger partial charge in [-0.3, -0.25) is 0 Å². The van der Waals surface area contributed by atoms with Crippen molar-refractivity contribution < 1.29 is 9.53 Å². The number of carbonyl (C=O) groups is 1. The summed E-state index contributed by atoms with van der Waals surface area (Å²) in [5.74, 6) is -0.458. The van der Waals surface area contributed by atoms with Crippen LogP contribution in [0.25, 0.3) is 0 Å². The Balaban J connectivity index is 2.07. The minimum Gasteiger partial charge on any atom is -0.464 e. The average molecular weight is 196 g/mol. The van der Waals surface area contributed by atoms with Crippen molar-refractivity contribution >= 4 is 5.97 Å². The summed E-state index contributed by atoms with van der Waals surface area (Å²) in [6.07, 6.45) is 3.39. The lowest BCUT2D eigenvalue weighted by atomic mass is 9.88. The molecule has 0 atom stereocenters. The van der Waals surface area contributed by atoms with E-state index in [2.05, 4.69) is 15.0 Å². The van der Waals surface area contributed by atoms with Crippen LogP contribution in [0, 0.1) is 0 Å². The van der Waals surface area contributed by atoms with Gasteiger partial charge in [-0.05, 0) is 12.8 Å². The molecule has 14 heavy (non-hydrogen) atoms. The molecule has 2 N–H and O–H groups in total. The topological polar surface area (TPSA) is 83.0 Å². The molecule has 76 valence electrons. The second kappa shape index (κ2) is 3.38. The number of nitrogens with two attached hydrogens (primary N) is 1. The molecule has 6 nitrogen and oxygen atoms in total. The minimum atomic E-state index is -0.458. The number of esters is 1. The van der Waals surface area contributed by atoms with Gasteiger partial charge in [0, 0.05) is 6.04 Å². The van der Waals surface area contributed by atoms with Gasteiger partial charge in [-0.25, -0.2) is 9.48 Å². The van der Waals surface area contributed by atoms with Crippen molar-refractivity contribution in [2.24, 2.45) is 5.73 Å². The number of aromatic nitrogens is 3. The molecule has 0 unspecified atom stereocenters. The van der Waals surface area contributed by atoms with Gasteiger partial charge in [-0.1, -0.05) is 5.21 Å². The highest BCUT2D eigenvalue weighted by Gasteiger charge is 2.29. The Kier molecular flexibility index (Phi) is 2.20. The number of hydrogen-bond acceptors (Lipinski definition) is 5. The van der Waals surface area contributed by atoms with E-state index >= 15 is 0 Å². The van der Waals surface area contributed by atoms with Crippen LogP contribution in [0.4, 0.5) is 0 Å². The van der Waals surface area contributed by atoms with Crippen molar-refractivity contribution in [3.8, 4) is 0 Å². The van der Waals surface area contributed by atoms with Crippen molar-refractivity contribution in [1.29, 1.82) is 0 Å². The Morgan fingerprint density at radius 1 is 1.71 bits per heavy atom. The van der Waals surface area contributed by atoms with Crippen LogP contribution in [0.15, 0.2) is 6.20 Å². The van der Waals surface area contributed by atoms with Crippen LogP contribution in [0.5, 0.6) is 0 Å². The zero-order valence-corrected chi connectivity index (χ0v) is 7.88. The highest BCUT2D eigenvalue weighted by Crippen LogP contribution is 2.29. The normalized spacial score (nSPS) is 25.6. The highest BCUT2D eigenvalue weighted by molar-refractivity contribution is 5.86. The summed E-state index contributed by atoms with van der Waals surface area (Å²) in [6.45, 7) is 0. The van der Waals surface area contributed by atoms with Crippen molar-refractivity contribution in [3.05, 3.63) is 11.9 Å². The molecule has 0 radical (unpaired) electrons. The molecule has 1 aromatic rings. The van der Waals surface area contributed by atoms with Crippen LogP contribution >= 0.6 is 0 Å². The summed E-state index contributed by atoms with van der Waals surface area (Å²) in [5.41, 5.74) is 5.89. The van der Waals surface area contributed by atoms with Crippen molar-refractivity contribution in [2.75, 3.05) is 7.11 Å². The fraction of sp³-hybridized carbons (Fsp3) is 0.625. The van der Waals surface area contributed by atoms with E-state index in [-0.39, 0.29) is 17.8 Å². The highest BCUT2D eigenvalue weighted by atomic mass is 16.5. The van der Waals surface area contributed by atoms with Crippen LogP contribution in [0.3, 0.4) is 0 Å². The molecule has 0 amide bonds. The van der Waals surface area contributed by atoms with E-state index < -0.39 is 5.97 Å². The lowest BCUT2D eigenvalue weighted by molar-refractivity contribution is 0.0594. The molecule has 0 bridgehead atoms. The lowest BCUT2D eigenvalue weighted by Crippen LogP contribution is -2.37. The Bertz CT molecular complexity index is 343. The number of nitrogens with zero attached hydrogens (tertiary/aromatic N) is 3. The van der Waals surface area contributed by atoms with E-state index in [1.165, 1.54) is 7.11 Å². The standard InChI is InChI=1S/C8H12N4O2/c1-14-8(13)7-4-12(11-10-7)6-2-5(9)3-6/h4-6H,2-3,9H2,1H3. The number of methoxy groups -OCH3 is 1. The fourth-order valence-electron chi connectivity index (χ4n) is 1.50. The summed E-state index contributed by atoms with van der Waals surface area (Å²) in [7, 11) is 1.32. The Hall–Kier alpha value is -1.43. The maximum absolute atomic E-state index is 11.1. The molecule has 1 heterocycles. The zero-order valence-electron chi connectivity index (χ0n) is 7.88. The van der Waals surface area contributed by atoms with Crippen molar-refractivity contribution in [3.63, 3.8) is 0 Å². The van der Waals surface area contributed by atoms with Crippen LogP contribution in [0.2, 0.25) is 0 Å². The smallest absolute Gasteiger partial charge is 0.360 e. The monoisotopic (exact) mass is 196 g/mol. The van der Waals surface area contributed by atoms with Crippen LogP contribution < -0.4 is 5.73 Å². The Morgan fingerprint density at radius 2 is 2.43 bits per heavy atom. The van der Waals surface area contributed by atoms with E-state index in [9.17, 15) is 4.79 Å². The third-order valence-corrected chi connectivity index (χ3v) is 2.43. The second-order valence-electron chi connectivity index (χ2n) is 3.46. The molecule has 0 saturated heterocycles. The van der Waals surface area contributed by atoms with Gasteiger partial charge in [0.1, 0.15) is 0 Å². The molecule has 0 aromatic carbocycles. The first-order valence-corrected chi connectivity index (χ1v) is 4.46. The molecule has 6 heteroatoms. The first-order valence-electron chi connectivity index (χ1n) is 4.46. The Labute approximate surface area is 81.0 Å². The molecule has 1 aliphatic carbocycles. The molecule has 1 aliphatic rings. The first-order chi connectivity index (χ1) is 6.70. The van der Waals surface area contributed by atoms with Crippen LogP contribution in [0.1, 0.15) is 29.4 Å². The predicted octanol–water partition coefficient (Wildman–Crippen LogP) is -0.273. The van der Waals surface area contributed by atoms with Gasteiger partial charge >= 0.3 is 5.97 Å². The third kappa shape index (κ3) is 1.48. The maximum Gasteiger partial charge on any atom is 0.360 e. The number of carbonyl (C=O) groups excluding carboxylic acids is 1. The van der Waals surface area contributed by atoms with Gasteiger partial charge in [0.25, 0.3) is 0 Å². The molecule has 0 spiro atoms. The predicted molar refractivity (Wildman–Crippen MR) is 47.6 cm³/mol. The van der Waals surface area contributed by atoms with E-state index in [4.69, 9.17) is 5.73 Å². The van der Waals surface area contributed by atoms with E-state index in [0.29, 0.717) is 0 Å². The Morgan fingerprint density at radius 3 is 3.00 bits per heavy atom. The summed E-state index contributed by atoms with van der Waals surface area (Å²) >= 11 is 0. The van der Waals surface area contributed by atoms with Gasteiger partial charge in [-0.15, -0.1) is 5.10 Å². The minimum absolute atomic E-state index is 0.243.